The van der Waals surface area contributed by atoms with E-state index in [0.717, 1.165) is 23.9 Å². The normalized spacial score (nSPS) is 18.2. The van der Waals surface area contributed by atoms with Gasteiger partial charge in [-0.3, -0.25) is 5.43 Å². The highest BCUT2D eigenvalue weighted by Gasteiger charge is 2.19. The van der Waals surface area contributed by atoms with Gasteiger partial charge in [-0.2, -0.15) is 5.10 Å². The Hall–Kier alpha value is -1.75. The number of hydrazone groups is 1. The summed E-state index contributed by atoms with van der Waals surface area (Å²) < 4.78 is 13.4. The minimum Gasteiger partial charge on any atom is -0.253 e. The molecule has 0 bridgehead atoms. The van der Waals surface area contributed by atoms with E-state index in [-0.39, 0.29) is 5.82 Å². The Labute approximate surface area is 121 Å². The molecular weight excluding hydrogens is 273 g/mol. The standard InChI is InChI=1S/C15H16FN3S/c1-10-6-7-13-14(8-10)20-15(18-13)19-17-9-11-4-2-3-5-12(11)16/h2-5,9-10H,6-8H2,1H3,(H,18,19)/b17-9+/t10-/m1/s1. The number of rotatable bonds is 3. The number of nitrogens with one attached hydrogen (secondary N) is 1. The Balaban J connectivity index is 1.69. The molecule has 0 unspecified atom stereocenters. The smallest absolute Gasteiger partial charge is 0.203 e. The molecule has 1 aromatic carbocycles. The maximum absolute atomic E-state index is 13.4. The summed E-state index contributed by atoms with van der Waals surface area (Å²) in [5.41, 5.74) is 4.56. The van der Waals surface area contributed by atoms with E-state index in [2.05, 4.69) is 22.4 Å². The Morgan fingerprint density at radius 2 is 2.30 bits per heavy atom. The maximum atomic E-state index is 13.4. The molecule has 0 spiro atoms. The summed E-state index contributed by atoms with van der Waals surface area (Å²) in [5.74, 6) is 0.461. The number of halogens is 1. The van der Waals surface area contributed by atoms with Crippen LogP contribution in [0.15, 0.2) is 29.4 Å². The van der Waals surface area contributed by atoms with Gasteiger partial charge in [0, 0.05) is 10.4 Å². The van der Waals surface area contributed by atoms with Crippen LogP contribution in [0.5, 0.6) is 0 Å². The van der Waals surface area contributed by atoms with Crippen molar-refractivity contribution in [2.45, 2.75) is 26.2 Å². The van der Waals surface area contributed by atoms with E-state index in [1.165, 1.54) is 29.3 Å². The molecule has 0 amide bonds. The molecule has 1 N–H and O–H groups in total. The average molecular weight is 289 g/mol. The minimum atomic E-state index is -0.273. The number of hydrogen-bond acceptors (Lipinski definition) is 4. The Morgan fingerprint density at radius 1 is 1.45 bits per heavy atom. The zero-order valence-electron chi connectivity index (χ0n) is 11.3. The molecule has 0 saturated heterocycles. The summed E-state index contributed by atoms with van der Waals surface area (Å²) in [6.45, 7) is 2.27. The van der Waals surface area contributed by atoms with Crippen LogP contribution in [0.25, 0.3) is 0 Å². The number of nitrogens with zero attached hydrogens (tertiary/aromatic N) is 2. The molecule has 0 fully saturated rings. The molecule has 1 aliphatic rings. The number of aromatic nitrogens is 1. The van der Waals surface area contributed by atoms with Crippen molar-refractivity contribution in [2.24, 2.45) is 11.0 Å². The van der Waals surface area contributed by atoms with Crippen LogP contribution in [-0.4, -0.2) is 11.2 Å². The van der Waals surface area contributed by atoms with E-state index in [9.17, 15) is 4.39 Å². The molecule has 2 aromatic rings. The van der Waals surface area contributed by atoms with Crippen LogP contribution >= 0.6 is 11.3 Å². The van der Waals surface area contributed by atoms with Crippen LogP contribution in [0.3, 0.4) is 0 Å². The largest absolute Gasteiger partial charge is 0.253 e. The Kier molecular flexibility index (Phi) is 3.78. The first-order valence-electron chi connectivity index (χ1n) is 6.74. The molecule has 1 atom stereocenters. The summed E-state index contributed by atoms with van der Waals surface area (Å²) in [5, 5.41) is 4.86. The number of fused-ring (bicyclic) bond motifs is 1. The number of anilines is 1. The predicted molar refractivity (Wildman–Crippen MR) is 80.9 cm³/mol. The van der Waals surface area contributed by atoms with Gasteiger partial charge in [-0.15, -0.1) is 11.3 Å². The summed E-state index contributed by atoms with van der Waals surface area (Å²) >= 11 is 1.65. The van der Waals surface area contributed by atoms with E-state index < -0.39 is 0 Å². The second-order valence-corrected chi connectivity index (χ2v) is 6.21. The first-order valence-corrected chi connectivity index (χ1v) is 7.56. The highest BCUT2D eigenvalue weighted by atomic mass is 32.1. The molecule has 0 aliphatic heterocycles. The van der Waals surface area contributed by atoms with E-state index in [0.29, 0.717) is 5.56 Å². The van der Waals surface area contributed by atoms with Crippen molar-refractivity contribution in [3.63, 3.8) is 0 Å². The first kappa shape index (κ1) is 13.2. The van der Waals surface area contributed by atoms with Crippen molar-refractivity contribution in [1.29, 1.82) is 0 Å². The Morgan fingerprint density at radius 3 is 3.15 bits per heavy atom. The molecule has 104 valence electrons. The van der Waals surface area contributed by atoms with Crippen molar-refractivity contribution >= 4 is 22.7 Å². The van der Waals surface area contributed by atoms with E-state index in [1.807, 2.05) is 0 Å². The summed E-state index contributed by atoms with van der Waals surface area (Å²) in [6, 6.07) is 6.56. The number of hydrogen-bond donors (Lipinski definition) is 1. The monoisotopic (exact) mass is 289 g/mol. The quantitative estimate of drug-likeness (QED) is 0.688. The lowest BCUT2D eigenvalue weighted by molar-refractivity contribution is 0.502. The van der Waals surface area contributed by atoms with Crippen molar-refractivity contribution in [3.05, 3.63) is 46.2 Å². The van der Waals surface area contributed by atoms with Gasteiger partial charge in [-0.1, -0.05) is 25.1 Å². The van der Waals surface area contributed by atoms with Crippen LogP contribution in [0, 0.1) is 11.7 Å². The van der Waals surface area contributed by atoms with Crippen LogP contribution < -0.4 is 5.43 Å². The molecule has 1 aliphatic carbocycles. The second kappa shape index (κ2) is 5.71. The lowest BCUT2D eigenvalue weighted by atomic mass is 9.93. The van der Waals surface area contributed by atoms with E-state index >= 15 is 0 Å². The zero-order chi connectivity index (χ0) is 13.9. The second-order valence-electron chi connectivity index (χ2n) is 5.13. The van der Waals surface area contributed by atoms with Gasteiger partial charge in [-0.25, -0.2) is 9.37 Å². The van der Waals surface area contributed by atoms with E-state index in [1.54, 1.807) is 29.5 Å². The van der Waals surface area contributed by atoms with Crippen LogP contribution in [-0.2, 0) is 12.8 Å². The van der Waals surface area contributed by atoms with Gasteiger partial charge >= 0.3 is 0 Å². The highest BCUT2D eigenvalue weighted by molar-refractivity contribution is 7.15. The minimum absolute atomic E-state index is 0.273. The lowest BCUT2D eigenvalue weighted by Crippen LogP contribution is -2.09. The van der Waals surface area contributed by atoms with Gasteiger partial charge in [0.05, 0.1) is 11.9 Å². The van der Waals surface area contributed by atoms with Gasteiger partial charge in [0.2, 0.25) is 5.13 Å². The highest BCUT2D eigenvalue weighted by Crippen LogP contribution is 2.31. The molecule has 5 heteroatoms. The van der Waals surface area contributed by atoms with Crippen LogP contribution in [0.2, 0.25) is 0 Å². The van der Waals surface area contributed by atoms with Crippen molar-refractivity contribution in [2.75, 3.05) is 5.43 Å². The van der Waals surface area contributed by atoms with Crippen LogP contribution in [0.4, 0.5) is 9.52 Å². The molecule has 3 rings (SSSR count). The first-order chi connectivity index (χ1) is 9.72. The van der Waals surface area contributed by atoms with Crippen molar-refractivity contribution < 1.29 is 4.39 Å². The molecule has 1 heterocycles. The van der Waals surface area contributed by atoms with Gasteiger partial charge in [0.25, 0.3) is 0 Å². The van der Waals surface area contributed by atoms with Crippen molar-refractivity contribution in [3.8, 4) is 0 Å². The number of aryl methyl sites for hydroxylation is 1. The number of benzene rings is 1. The van der Waals surface area contributed by atoms with Crippen LogP contribution in [0.1, 0.15) is 29.5 Å². The summed E-state index contributed by atoms with van der Waals surface area (Å²) in [7, 11) is 0. The SMILES string of the molecule is C[C@@H]1CCc2nc(N/N=C/c3ccccc3F)sc2C1. The van der Waals surface area contributed by atoms with E-state index in [4.69, 9.17) is 0 Å². The fourth-order valence-corrected chi connectivity index (χ4v) is 3.45. The topological polar surface area (TPSA) is 37.3 Å². The molecule has 3 nitrogen and oxygen atoms in total. The van der Waals surface area contributed by atoms with Crippen molar-refractivity contribution in [1.82, 2.24) is 4.98 Å². The Bertz CT molecular complexity index is 636. The zero-order valence-corrected chi connectivity index (χ0v) is 12.1. The maximum Gasteiger partial charge on any atom is 0.203 e. The van der Waals surface area contributed by atoms with Gasteiger partial charge < -0.3 is 0 Å². The lowest BCUT2D eigenvalue weighted by Gasteiger charge is -2.15. The fourth-order valence-electron chi connectivity index (χ4n) is 2.32. The third-order valence-corrected chi connectivity index (χ3v) is 4.48. The van der Waals surface area contributed by atoms with Gasteiger partial charge in [0.1, 0.15) is 5.82 Å². The molecule has 1 aromatic heterocycles. The molecule has 20 heavy (non-hydrogen) atoms. The molecular formula is C15H16FN3S. The molecule has 0 radical (unpaired) electrons. The predicted octanol–water partition coefficient (Wildman–Crippen LogP) is 3.85. The average Bonchev–Trinajstić information content (AvgIpc) is 2.83. The third kappa shape index (κ3) is 2.88. The fraction of sp³-hybridized carbons (Fsp3) is 0.333. The third-order valence-electron chi connectivity index (χ3n) is 3.46. The summed E-state index contributed by atoms with van der Waals surface area (Å²) in [4.78, 5) is 5.89. The van der Waals surface area contributed by atoms with Gasteiger partial charge in [0.15, 0.2) is 0 Å². The summed E-state index contributed by atoms with van der Waals surface area (Å²) in [6.07, 6.45) is 4.84. The number of thiazole rings is 1. The van der Waals surface area contributed by atoms with Gasteiger partial charge in [-0.05, 0) is 31.2 Å². The molecule has 0 saturated carbocycles.